The number of hydrogen-bond acceptors (Lipinski definition) is 14. The maximum absolute atomic E-state index is 14.6. The van der Waals surface area contributed by atoms with Gasteiger partial charge in [0.05, 0.1) is 19.1 Å². The van der Waals surface area contributed by atoms with Crippen LogP contribution in [-0.2, 0) is 52.7 Å². The van der Waals surface area contributed by atoms with Gasteiger partial charge < -0.3 is 70.2 Å². The molecule has 0 aromatic rings. The Bertz CT molecular complexity index is 1860. The standard InChI is InChI=1S/C44H78N14O12/c1-8-15-28(54-41(68)36(25(5)59)56-40(67)35(24(4)9-2)55-37(64)30(22-33(46)62)52-34(63)23-51-26(6)60)43(70)58(27(7)61)32(17-11-12-19-45)39(66)53-29(16-13-20-50-44(47)48)42(69)57-21-14-18-31(57)38(65)49-10-3/h24-25,28-32,35-36,59H,8-23,45H2,1-7H3,(H2,46,62)(H,49,65)(H,51,60)(H,52,63)(H,53,66)(H,54,68)(H,55,64)(H,56,67)(H4,47,48,50)/t24-,25+,28-,29-,30+,31-,32-,35+,36-/m0/s1. The molecule has 0 unspecified atom stereocenters. The topological polar surface area (TPSA) is 415 Å². The Morgan fingerprint density at radius 1 is 0.743 bits per heavy atom. The number of aliphatic imine (C=N–C) groups is 1. The molecule has 1 aliphatic rings. The van der Waals surface area contributed by atoms with Gasteiger partial charge in [0, 0.05) is 33.5 Å². The minimum atomic E-state index is -1.77. The van der Waals surface area contributed by atoms with Crippen molar-refractivity contribution < 1.29 is 57.8 Å². The van der Waals surface area contributed by atoms with E-state index in [0.29, 0.717) is 30.7 Å². The number of amides is 11. The highest BCUT2D eigenvalue weighted by atomic mass is 16.3. The quantitative estimate of drug-likeness (QED) is 0.0178. The number of primary amides is 1. The number of carbonyl (C=O) groups excluding carboxylic acids is 11. The molecule has 0 saturated carbocycles. The molecule has 0 bridgehead atoms. The van der Waals surface area contributed by atoms with E-state index in [-0.39, 0.29) is 76.4 Å². The van der Waals surface area contributed by atoms with Crippen LogP contribution in [0.1, 0.15) is 119 Å². The van der Waals surface area contributed by atoms with Crippen molar-refractivity contribution in [2.45, 2.75) is 167 Å². The Kier molecular flexibility index (Phi) is 27.8. The maximum atomic E-state index is 14.6. The number of rotatable bonds is 31. The van der Waals surface area contributed by atoms with Gasteiger partial charge in [-0.25, -0.2) is 0 Å². The number of imide groups is 1. The Morgan fingerprint density at radius 3 is 1.91 bits per heavy atom. The smallest absolute Gasteiger partial charge is 0.252 e. The van der Waals surface area contributed by atoms with Gasteiger partial charge in [-0.3, -0.25) is 62.6 Å². The number of hydrogen-bond donors (Lipinski definition) is 12. The van der Waals surface area contributed by atoms with E-state index < -0.39 is 126 Å². The number of nitrogens with one attached hydrogen (secondary N) is 7. The Morgan fingerprint density at radius 2 is 1.37 bits per heavy atom. The number of unbranched alkanes of at least 4 members (excludes halogenated alkanes) is 1. The van der Waals surface area contributed by atoms with Crippen LogP contribution in [0, 0.1) is 5.92 Å². The molecule has 11 amide bonds. The van der Waals surface area contributed by atoms with Gasteiger partial charge in [-0.2, -0.15) is 0 Å². The van der Waals surface area contributed by atoms with Crippen molar-refractivity contribution >= 4 is 70.9 Å². The zero-order chi connectivity index (χ0) is 53.2. The number of carbonyl (C=O) groups is 11. The second kappa shape index (κ2) is 31.6. The second-order valence-corrected chi connectivity index (χ2v) is 17.3. The molecule has 1 heterocycles. The van der Waals surface area contributed by atoms with Crippen LogP contribution in [0.25, 0.3) is 0 Å². The van der Waals surface area contributed by atoms with Gasteiger partial charge in [0.1, 0.15) is 42.3 Å². The summed E-state index contributed by atoms with van der Waals surface area (Å²) in [5.41, 5.74) is 22.1. The summed E-state index contributed by atoms with van der Waals surface area (Å²) in [6.07, 6.45) is -0.167. The first kappa shape index (κ1) is 61.6. The van der Waals surface area contributed by atoms with Crippen LogP contribution in [0.2, 0.25) is 0 Å². The molecule has 16 N–H and O–H groups in total. The summed E-state index contributed by atoms with van der Waals surface area (Å²) in [4.78, 5) is 153. The van der Waals surface area contributed by atoms with E-state index in [2.05, 4.69) is 42.2 Å². The SMILES string of the molecule is CCC[C@H](NC(=O)[C@@H](NC(=O)[C@H](NC(=O)[C@@H](CC(N)=O)NC(=O)CNC(C)=O)[C@@H](C)CC)[C@@H](C)O)C(=O)N(C(C)=O)[C@@H](CCCCN)C(=O)N[C@@H](CCCN=C(N)N)C(=O)N1CCC[C@H]1C(=O)NCC. The molecule has 1 rings (SSSR count). The molecule has 1 aliphatic heterocycles. The first-order chi connectivity index (χ1) is 32.9. The van der Waals surface area contributed by atoms with Gasteiger partial charge in [0.25, 0.3) is 5.91 Å². The fourth-order valence-corrected chi connectivity index (χ4v) is 7.65. The maximum Gasteiger partial charge on any atom is 0.252 e. The first-order valence-corrected chi connectivity index (χ1v) is 23.8. The predicted molar refractivity (Wildman–Crippen MR) is 256 cm³/mol. The van der Waals surface area contributed by atoms with Gasteiger partial charge in [-0.15, -0.1) is 0 Å². The Hall–Kier alpha value is -6.44. The summed E-state index contributed by atoms with van der Waals surface area (Å²) in [6, 6.07) is -9.84. The lowest BCUT2D eigenvalue weighted by molar-refractivity contribution is -0.154. The predicted octanol–water partition coefficient (Wildman–Crippen LogP) is -4.30. The van der Waals surface area contributed by atoms with Gasteiger partial charge >= 0.3 is 0 Å². The van der Waals surface area contributed by atoms with Gasteiger partial charge in [-0.1, -0.05) is 33.6 Å². The lowest BCUT2D eigenvalue weighted by atomic mass is 9.96. The first-order valence-electron chi connectivity index (χ1n) is 23.8. The van der Waals surface area contributed by atoms with E-state index in [9.17, 15) is 57.8 Å². The molecule has 0 aliphatic carbocycles. The van der Waals surface area contributed by atoms with E-state index in [1.54, 1.807) is 27.7 Å². The fraction of sp³-hybridized carbons (Fsp3) is 0.727. The molecule has 0 radical (unpaired) electrons. The minimum absolute atomic E-state index is 0.0104. The lowest BCUT2D eigenvalue weighted by Gasteiger charge is -2.34. The van der Waals surface area contributed by atoms with Gasteiger partial charge in [0.15, 0.2) is 5.96 Å². The third-order valence-electron chi connectivity index (χ3n) is 11.5. The summed E-state index contributed by atoms with van der Waals surface area (Å²) in [6.45, 7) is 10.4. The summed E-state index contributed by atoms with van der Waals surface area (Å²) in [5, 5.41) is 28.2. The molecule has 26 nitrogen and oxygen atoms in total. The molecule has 1 fully saturated rings. The van der Waals surface area contributed by atoms with E-state index >= 15 is 0 Å². The molecule has 0 aromatic carbocycles. The van der Waals surface area contributed by atoms with Crippen LogP contribution < -0.4 is 60.2 Å². The van der Waals surface area contributed by atoms with Crippen LogP contribution in [0.15, 0.2) is 4.99 Å². The number of aliphatic hydroxyl groups excluding tert-OH is 1. The minimum Gasteiger partial charge on any atom is -0.391 e. The van der Waals surface area contributed by atoms with Crippen LogP contribution in [-0.4, -0.2) is 167 Å². The molecular weight excluding hydrogens is 917 g/mol. The second-order valence-electron chi connectivity index (χ2n) is 17.3. The molecule has 1 saturated heterocycles. The van der Waals surface area contributed by atoms with E-state index in [0.717, 1.165) is 13.8 Å². The van der Waals surface area contributed by atoms with Crippen molar-refractivity contribution in [1.29, 1.82) is 0 Å². The molecule has 9 atom stereocenters. The van der Waals surface area contributed by atoms with Crippen LogP contribution in [0.5, 0.6) is 0 Å². The van der Waals surface area contributed by atoms with Crippen LogP contribution >= 0.6 is 0 Å². The monoisotopic (exact) mass is 995 g/mol. The highest BCUT2D eigenvalue weighted by Gasteiger charge is 2.42. The third kappa shape index (κ3) is 20.7. The molecule has 0 aromatic heterocycles. The number of likely N-dealkylation sites (N-methyl/N-ethyl adjacent to an activating group) is 1. The number of guanidine groups is 1. The summed E-state index contributed by atoms with van der Waals surface area (Å²) in [7, 11) is 0. The van der Waals surface area contributed by atoms with Crippen molar-refractivity contribution in [1.82, 2.24) is 47.0 Å². The van der Waals surface area contributed by atoms with Crippen molar-refractivity contribution in [2.24, 2.45) is 33.8 Å². The Balaban J connectivity index is 3.58. The van der Waals surface area contributed by atoms with E-state index in [1.807, 2.05) is 0 Å². The van der Waals surface area contributed by atoms with Gasteiger partial charge in [-0.05, 0) is 77.7 Å². The average Bonchev–Trinajstić information content (AvgIpc) is 3.79. The molecule has 70 heavy (non-hydrogen) atoms. The molecule has 396 valence electrons. The van der Waals surface area contributed by atoms with Crippen molar-refractivity contribution in [2.75, 3.05) is 32.7 Å². The van der Waals surface area contributed by atoms with E-state index in [1.165, 1.54) is 11.8 Å². The third-order valence-corrected chi connectivity index (χ3v) is 11.5. The fourth-order valence-electron chi connectivity index (χ4n) is 7.65. The highest BCUT2D eigenvalue weighted by molar-refractivity contribution is 6.04. The zero-order valence-electron chi connectivity index (χ0n) is 41.6. The van der Waals surface area contributed by atoms with E-state index in [4.69, 9.17) is 22.9 Å². The molecular formula is C44H78N14O12. The highest BCUT2D eigenvalue weighted by Crippen LogP contribution is 2.21. The lowest BCUT2D eigenvalue weighted by Crippen LogP contribution is -2.63. The number of likely N-dealkylation sites (tertiary alicyclic amines) is 1. The normalized spacial score (nSPS) is 16.5. The number of aliphatic hydroxyl groups is 1. The van der Waals surface area contributed by atoms with Crippen molar-refractivity contribution in [3.05, 3.63) is 0 Å². The Labute approximate surface area is 409 Å². The van der Waals surface area contributed by atoms with Crippen molar-refractivity contribution in [3.8, 4) is 0 Å². The number of nitrogens with two attached hydrogens (primary N) is 4. The van der Waals surface area contributed by atoms with Crippen molar-refractivity contribution in [3.63, 3.8) is 0 Å². The van der Waals surface area contributed by atoms with Crippen LogP contribution in [0.3, 0.4) is 0 Å². The van der Waals surface area contributed by atoms with Crippen LogP contribution in [0.4, 0.5) is 0 Å². The molecule has 26 heteroatoms. The molecule has 0 spiro atoms. The largest absolute Gasteiger partial charge is 0.391 e. The number of nitrogens with zero attached hydrogens (tertiary/aromatic N) is 3. The zero-order valence-corrected chi connectivity index (χ0v) is 41.6. The summed E-state index contributed by atoms with van der Waals surface area (Å²) >= 11 is 0. The summed E-state index contributed by atoms with van der Waals surface area (Å²) < 4.78 is 0. The summed E-state index contributed by atoms with van der Waals surface area (Å²) in [5.74, 6) is -9.93. The van der Waals surface area contributed by atoms with Gasteiger partial charge in [0.2, 0.25) is 59.1 Å². The average molecular weight is 995 g/mol.